The highest BCUT2D eigenvalue weighted by Crippen LogP contribution is 2.44. The number of halogens is 1. The molecule has 2 atom stereocenters. The summed E-state index contributed by atoms with van der Waals surface area (Å²) in [7, 11) is 1.53. The Kier molecular flexibility index (Phi) is 8.14. The van der Waals surface area contributed by atoms with Gasteiger partial charge in [0.25, 0.3) is 0 Å². The fourth-order valence-corrected chi connectivity index (χ4v) is 5.13. The lowest BCUT2D eigenvalue weighted by Gasteiger charge is -2.33. The van der Waals surface area contributed by atoms with Crippen LogP contribution in [0.25, 0.3) is 10.8 Å². The Balaban J connectivity index is 0.00000304. The molecule has 36 heavy (non-hydrogen) atoms. The van der Waals surface area contributed by atoms with Crippen LogP contribution in [0.1, 0.15) is 39.4 Å². The van der Waals surface area contributed by atoms with Crippen LogP contribution in [-0.2, 0) is 6.42 Å². The van der Waals surface area contributed by atoms with Crippen molar-refractivity contribution < 1.29 is 19.4 Å². The van der Waals surface area contributed by atoms with Gasteiger partial charge in [0.15, 0.2) is 0 Å². The van der Waals surface area contributed by atoms with E-state index in [1.54, 1.807) is 12.1 Å². The molecule has 0 fully saturated rings. The lowest BCUT2D eigenvalue weighted by molar-refractivity contribution is 0.0693. The van der Waals surface area contributed by atoms with Crippen LogP contribution >= 0.6 is 12.4 Å². The van der Waals surface area contributed by atoms with Gasteiger partial charge in [-0.05, 0) is 47.9 Å². The standard InChI is InChI=1S/C30H29NO4.ClH/c1-34-29-25(13-7-14-26(29)30(32)33)27-18-22(35-28-15-5-4-12-24(27)28)19-31-17-16-21-10-6-9-20-8-2-3-11-23(20)21;/h2-15,22,27,31H,16-19H2,1H3,(H,32,33);1H/t22-,27+;/m1./s1. The van der Waals surface area contributed by atoms with Crippen molar-refractivity contribution in [2.45, 2.75) is 24.9 Å². The highest BCUT2D eigenvalue weighted by atomic mass is 35.5. The minimum absolute atomic E-state index is 0. The number of carboxylic acid groups (broad SMARTS) is 1. The molecule has 0 saturated heterocycles. The van der Waals surface area contributed by atoms with Gasteiger partial charge in [0.05, 0.1) is 7.11 Å². The van der Waals surface area contributed by atoms with E-state index < -0.39 is 5.97 Å². The van der Waals surface area contributed by atoms with Gasteiger partial charge in [0.1, 0.15) is 23.2 Å². The third-order valence-corrected chi connectivity index (χ3v) is 6.77. The summed E-state index contributed by atoms with van der Waals surface area (Å²) >= 11 is 0. The van der Waals surface area contributed by atoms with E-state index in [2.05, 4.69) is 53.8 Å². The van der Waals surface area contributed by atoms with Gasteiger partial charge in [-0.15, -0.1) is 12.4 Å². The Bertz CT molecular complexity index is 1350. The smallest absolute Gasteiger partial charge is 0.339 e. The van der Waals surface area contributed by atoms with Crippen LogP contribution in [-0.4, -0.2) is 37.4 Å². The number of carboxylic acids is 1. The number of rotatable bonds is 8. The number of nitrogens with one attached hydrogen (secondary N) is 1. The van der Waals surface area contributed by atoms with E-state index in [9.17, 15) is 9.90 Å². The average Bonchev–Trinajstić information content (AvgIpc) is 2.90. The molecule has 0 spiro atoms. The van der Waals surface area contributed by atoms with Crippen molar-refractivity contribution in [1.82, 2.24) is 5.32 Å². The number of aromatic carboxylic acids is 1. The predicted molar refractivity (Wildman–Crippen MR) is 145 cm³/mol. The van der Waals surface area contributed by atoms with Gasteiger partial charge in [0.2, 0.25) is 0 Å². The monoisotopic (exact) mass is 503 g/mol. The fourth-order valence-electron chi connectivity index (χ4n) is 5.13. The Morgan fingerprint density at radius 3 is 2.53 bits per heavy atom. The fraction of sp³-hybridized carbons (Fsp3) is 0.233. The zero-order valence-electron chi connectivity index (χ0n) is 20.1. The SMILES string of the molecule is COc1c(C(=O)O)cccc1[C@H]1C[C@H](CNCCc2cccc3ccccc23)Oc2ccccc21.Cl. The molecule has 4 aromatic rings. The third kappa shape index (κ3) is 5.18. The molecule has 6 heteroatoms. The van der Waals surface area contributed by atoms with Gasteiger partial charge >= 0.3 is 5.97 Å². The first-order chi connectivity index (χ1) is 17.2. The van der Waals surface area contributed by atoms with Crippen molar-refractivity contribution in [3.63, 3.8) is 0 Å². The molecule has 0 saturated carbocycles. The van der Waals surface area contributed by atoms with Crippen LogP contribution < -0.4 is 14.8 Å². The summed E-state index contributed by atoms with van der Waals surface area (Å²) in [4.78, 5) is 11.8. The molecule has 1 aliphatic heterocycles. The minimum Gasteiger partial charge on any atom is -0.496 e. The molecule has 186 valence electrons. The number of hydrogen-bond acceptors (Lipinski definition) is 4. The van der Waals surface area contributed by atoms with Gasteiger partial charge in [-0.1, -0.05) is 72.8 Å². The minimum atomic E-state index is -0.990. The van der Waals surface area contributed by atoms with Crippen molar-refractivity contribution >= 4 is 29.1 Å². The number of methoxy groups -OCH3 is 1. The van der Waals surface area contributed by atoms with Crippen LogP contribution in [0.5, 0.6) is 11.5 Å². The summed E-state index contributed by atoms with van der Waals surface area (Å²) in [5.74, 6) is 0.256. The molecule has 5 rings (SSSR count). The molecule has 0 unspecified atom stereocenters. The average molecular weight is 504 g/mol. The van der Waals surface area contributed by atoms with Gasteiger partial charge < -0.3 is 19.9 Å². The van der Waals surface area contributed by atoms with Crippen LogP contribution in [0.15, 0.2) is 84.9 Å². The maximum absolute atomic E-state index is 11.8. The number of benzene rings is 4. The summed E-state index contributed by atoms with van der Waals surface area (Å²) < 4.78 is 11.9. The van der Waals surface area contributed by atoms with Gasteiger partial charge in [-0.3, -0.25) is 0 Å². The number of carbonyl (C=O) groups is 1. The van der Waals surface area contributed by atoms with Crippen molar-refractivity contribution in [2.75, 3.05) is 20.2 Å². The second-order valence-electron chi connectivity index (χ2n) is 8.89. The molecule has 4 aromatic carbocycles. The second kappa shape index (κ2) is 11.5. The first kappa shape index (κ1) is 25.5. The molecular weight excluding hydrogens is 474 g/mol. The molecule has 1 heterocycles. The Morgan fingerprint density at radius 2 is 1.69 bits per heavy atom. The summed E-state index contributed by atoms with van der Waals surface area (Å²) in [5, 5.41) is 15.8. The molecule has 5 nitrogen and oxygen atoms in total. The predicted octanol–water partition coefficient (Wildman–Crippen LogP) is 6.08. The maximum Gasteiger partial charge on any atom is 0.339 e. The van der Waals surface area contributed by atoms with Crippen LogP contribution in [0.4, 0.5) is 0 Å². The normalized spacial score (nSPS) is 16.5. The first-order valence-corrected chi connectivity index (χ1v) is 12.0. The molecule has 0 radical (unpaired) electrons. The van der Waals surface area contributed by atoms with Crippen molar-refractivity contribution in [3.05, 3.63) is 107 Å². The quantitative estimate of drug-likeness (QED) is 0.285. The van der Waals surface area contributed by atoms with E-state index in [1.165, 1.54) is 23.4 Å². The summed E-state index contributed by atoms with van der Waals surface area (Å²) in [6.07, 6.45) is 1.63. The molecule has 0 aromatic heterocycles. The van der Waals surface area contributed by atoms with Crippen LogP contribution in [0, 0.1) is 0 Å². The van der Waals surface area contributed by atoms with E-state index >= 15 is 0 Å². The number of hydrogen-bond donors (Lipinski definition) is 2. The van der Waals surface area contributed by atoms with E-state index in [0.29, 0.717) is 12.3 Å². The Hall–Kier alpha value is -3.54. The third-order valence-electron chi connectivity index (χ3n) is 6.77. The molecule has 0 aliphatic carbocycles. The first-order valence-electron chi connectivity index (χ1n) is 12.0. The molecule has 0 amide bonds. The van der Waals surface area contributed by atoms with E-state index in [0.717, 1.165) is 36.3 Å². The van der Waals surface area contributed by atoms with Gasteiger partial charge in [-0.25, -0.2) is 4.79 Å². The zero-order chi connectivity index (χ0) is 24.2. The van der Waals surface area contributed by atoms with E-state index in [4.69, 9.17) is 9.47 Å². The van der Waals surface area contributed by atoms with Crippen molar-refractivity contribution in [3.8, 4) is 11.5 Å². The molecular formula is C30H30ClNO4. The molecule has 2 N–H and O–H groups in total. The largest absolute Gasteiger partial charge is 0.496 e. The van der Waals surface area contributed by atoms with Gasteiger partial charge in [0, 0.05) is 23.6 Å². The lowest BCUT2D eigenvalue weighted by atomic mass is 9.83. The number of ether oxygens (including phenoxy) is 2. The van der Waals surface area contributed by atoms with Crippen molar-refractivity contribution in [2.24, 2.45) is 0 Å². The molecule has 0 bridgehead atoms. The summed E-state index contributed by atoms with van der Waals surface area (Å²) in [5.41, 5.74) is 3.45. The summed E-state index contributed by atoms with van der Waals surface area (Å²) in [6.45, 7) is 1.55. The summed E-state index contributed by atoms with van der Waals surface area (Å²) in [6, 6.07) is 28.3. The van der Waals surface area contributed by atoms with Crippen LogP contribution in [0.2, 0.25) is 0 Å². The van der Waals surface area contributed by atoms with E-state index in [-0.39, 0.29) is 30.0 Å². The number of para-hydroxylation sites is 2. The van der Waals surface area contributed by atoms with Gasteiger partial charge in [-0.2, -0.15) is 0 Å². The number of fused-ring (bicyclic) bond motifs is 2. The highest BCUT2D eigenvalue weighted by Gasteiger charge is 2.32. The molecule has 1 aliphatic rings. The Labute approximate surface area is 217 Å². The lowest BCUT2D eigenvalue weighted by Crippen LogP contribution is -2.36. The maximum atomic E-state index is 11.8. The van der Waals surface area contributed by atoms with Crippen molar-refractivity contribution in [1.29, 1.82) is 0 Å². The zero-order valence-corrected chi connectivity index (χ0v) is 21.0. The van der Waals surface area contributed by atoms with E-state index in [1.807, 2.05) is 24.3 Å². The topological polar surface area (TPSA) is 67.8 Å². The second-order valence-corrected chi connectivity index (χ2v) is 8.89. The highest BCUT2D eigenvalue weighted by molar-refractivity contribution is 5.91. The van der Waals surface area contributed by atoms with Crippen LogP contribution in [0.3, 0.4) is 0 Å². The Morgan fingerprint density at radius 1 is 0.972 bits per heavy atom.